The topological polar surface area (TPSA) is 397 Å². The van der Waals surface area contributed by atoms with Crippen molar-refractivity contribution in [1.82, 2.24) is 36.4 Å². The van der Waals surface area contributed by atoms with Crippen molar-refractivity contribution in [2.24, 2.45) is 23.3 Å². The molecule has 3 fully saturated rings. The number of nitrogens with one attached hydrogen (secondary N) is 5. The third kappa shape index (κ3) is 18.6. The molecule has 3 heterocycles. The van der Waals surface area contributed by atoms with E-state index >= 15 is 0 Å². The normalized spacial score (nSPS) is 27.4. The molecule has 0 saturated carbocycles. The minimum Gasteiger partial charge on any atom is -0.508 e. The number of rotatable bonds is 22. The highest BCUT2D eigenvalue weighted by Gasteiger charge is 2.48. The summed E-state index contributed by atoms with van der Waals surface area (Å²) in [5.41, 5.74) is 11.8. The Hall–Kier alpha value is -5.50. The van der Waals surface area contributed by atoms with Crippen molar-refractivity contribution in [2.45, 2.75) is 203 Å². The molecule has 1 aromatic rings. The van der Waals surface area contributed by atoms with Crippen LogP contribution in [0, 0.1) is 11.8 Å². The van der Waals surface area contributed by atoms with Crippen LogP contribution < -0.4 is 38.1 Å². The van der Waals surface area contributed by atoms with Crippen LogP contribution in [0.3, 0.4) is 0 Å². The van der Waals surface area contributed by atoms with Gasteiger partial charge >= 0.3 is 0 Å². The number of aliphatic hydroxyl groups excluding tert-OH is 6. The fourth-order valence-electron chi connectivity index (χ4n) is 10.2. The standard InChI is InChI=1S/C52H85N9O15/c1-5-28(2)20-29(3)12-10-8-6-7-9-11-13-42(70)56-35-23-33(63)26-55-50(74)46-38(66)17-19-60(46)52(76)45(40(68)25-41(54)69)59-49(73)44(39(67)22-31-14-15-37(65)32(21-31)16-18-53)58-48(72)36-24-34(64)27-61(36)51(75)43(30(4)62)57-47(35)71/h14-15,21,28-30,33-36,38-40,43-46,62-68H,5-13,16-20,22-27,53H2,1-4H3,(H2,54,69)(H,55,74)(H,56,70)(H,57,71)(H,58,72)(H,59,73)/t28?,29?,30-,33-,34-,35-,36+,38+,39+,40+,43+,44+,45+,46+/m1/s1. The Morgan fingerprint density at radius 2 is 1.42 bits per heavy atom. The third-order valence-electron chi connectivity index (χ3n) is 14.7. The van der Waals surface area contributed by atoms with E-state index in [4.69, 9.17) is 11.5 Å². The number of nitrogens with zero attached hydrogens (tertiary/aromatic N) is 2. The maximum Gasteiger partial charge on any atom is 0.248 e. The number of amides is 8. The van der Waals surface area contributed by atoms with E-state index in [1.807, 2.05) is 0 Å². The molecular weight excluding hydrogens is 991 g/mol. The van der Waals surface area contributed by atoms with Crippen molar-refractivity contribution in [3.05, 3.63) is 29.3 Å². The lowest BCUT2D eigenvalue weighted by Crippen LogP contribution is -2.64. The van der Waals surface area contributed by atoms with Gasteiger partial charge in [-0.25, -0.2) is 0 Å². The van der Waals surface area contributed by atoms with Crippen LogP contribution in [-0.4, -0.2) is 192 Å². The SMILES string of the molecule is CCC(C)CC(C)CCCCCCCCC(=O)N[C@@H]1C[C@@H](O)CNC(=O)[C@@H]2[C@@H](O)CCN2C(=O)[C@H]([C@@H](O)CC(N)=O)NC(=O)[C@H]([C@@H](O)Cc2ccc(O)c(CCN)c2)NC(=O)[C@@H]2C[C@@H](O)CN2C(=O)[C@H]([C@@H](C)O)NC1=O. The molecule has 24 nitrogen and oxygen atoms in total. The van der Waals surface area contributed by atoms with Crippen LogP contribution in [0.1, 0.15) is 129 Å². The van der Waals surface area contributed by atoms with Crippen LogP contribution in [0.2, 0.25) is 0 Å². The molecule has 0 bridgehead atoms. The molecule has 3 saturated heterocycles. The van der Waals surface area contributed by atoms with Gasteiger partial charge in [0.2, 0.25) is 47.3 Å². The van der Waals surface area contributed by atoms with Gasteiger partial charge in [-0.15, -0.1) is 0 Å². The third-order valence-corrected chi connectivity index (χ3v) is 14.7. The fraction of sp³-hybridized carbons (Fsp3) is 0.731. The smallest absolute Gasteiger partial charge is 0.248 e. The number of phenols is 1. The Bertz CT molecular complexity index is 2130. The summed E-state index contributed by atoms with van der Waals surface area (Å²) in [7, 11) is 0. The van der Waals surface area contributed by atoms with Gasteiger partial charge in [-0.3, -0.25) is 38.4 Å². The van der Waals surface area contributed by atoms with Gasteiger partial charge in [0.05, 0.1) is 43.0 Å². The van der Waals surface area contributed by atoms with Crippen molar-refractivity contribution < 1.29 is 74.1 Å². The summed E-state index contributed by atoms with van der Waals surface area (Å²) in [5.74, 6) is -7.25. The number of primary amides is 1. The van der Waals surface area contributed by atoms with E-state index in [0.29, 0.717) is 29.4 Å². The van der Waals surface area contributed by atoms with Gasteiger partial charge in [-0.05, 0) is 68.2 Å². The Morgan fingerprint density at radius 1 is 0.776 bits per heavy atom. The van der Waals surface area contributed by atoms with Crippen LogP contribution in [0.15, 0.2) is 18.2 Å². The van der Waals surface area contributed by atoms with Crippen molar-refractivity contribution in [1.29, 1.82) is 0 Å². The average Bonchev–Trinajstić information content (AvgIpc) is 3.95. The van der Waals surface area contributed by atoms with E-state index < -0.39 is 159 Å². The first-order chi connectivity index (χ1) is 35.9. The molecule has 76 heavy (non-hydrogen) atoms. The lowest BCUT2D eigenvalue weighted by Gasteiger charge is -2.33. The first kappa shape index (κ1) is 63.0. The molecule has 2 unspecified atom stereocenters. The zero-order valence-corrected chi connectivity index (χ0v) is 44.4. The monoisotopic (exact) mass is 1080 g/mol. The molecule has 428 valence electrons. The molecule has 0 radical (unpaired) electrons. The molecule has 0 aliphatic carbocycles. The molecule has 4 rings (SSSR count). The number of hydrogen-bond donors (Lipinski definition) is 14. The summed E-state index contributed by atoms with van der Waals surface area (Å²) in [5, 5.41) is 89.8. The van der Waals surface area contributed by atoms with Gasteiger partial charge in [0, 0.05) is 45.3 Å². The van der Waals surface area contributed by atoms with Gasteiger partial charge < -0.3 is 83.6 Å². The minimum absolute atomic E-state index is 0.000349. The van der Waals surface area contributed by atoms with Crippen molar-refractivity contribution in [3.63, 3.8) is 0 Å². The summed E-state index contributed by atoms with van der Waals surface area (Å²) >= 11 is 0. The van der Waals surface area contributed by atoms with Crippen LogP contribution in [-0.2, 0) is 51.2 Å². The van der Waals surface area contributed by atoms with Gasteiger partial charge in [-0.2, -0.15) is 0 Å². The van der Waals surface area contributed by atoms with Gasteiger partial charge in [0.1, 0.15) is 42.0 Å². The van der Waals surface area contributed by atoms with Crippen molar-refractivity contribution >= 4 is 47.3 Å². The number of unbranched alkanes of at least 4 members (excludes halogenated alkanes) is 5. The average molecular weight is 1080 g/mol. The lowest BCUT2D eigenvalue weighted by molar-refractivity contribution is -0.147. The first-order valence-electron chi connectivity index (χ1n) is 26.9. The minimum atomic E-state index is -2.12. The molecular formula is C52H85N9O15. The second-order valence-corrected chi connectivity index (χ2v) is 21.2. The molecule has 16 N–H and O–H groups in total. The van der Waals surface area contributed by atoms with E-state index in [-0.39, 0.29) is 38.1 Å². The number of benzene rings is 1. The summed E-state index contributed by atoms with van der Waals surface area (Å²) < 4.78 is 0. The van der Waals surface area contributed by atoms with E-state index in [9.17, 15) is 74.1 Å². The number of fused-ring (bicyclic) bond motifs is 2. The Morgan fingerprint density at radius 3 is 2.08 bits per heavy atom. The van der Waals surface area contributed by atoms with Gasteiger partial charge in [0.25, 0.3) is 0 Å². The summed E-state index contributed by atoms with van der Waals surface area (Å²) in [6.45, 7) is 6.60. The number of phenolic OH excluding ortho intramolecular Hbond substituents is 1. The first-order valence-corrected chi connectivity index (χ1v) is 26.9. The number of nitrogens with two attached hydrogens (primary N) is 2. The molecule has 0 spiro atoms. The predicted octanol–water partition coefficient (Wildman–Crippen LogP) is -2.65. The van der Waals surface area contributed by atoms with Crippen molar-refractivity contribution in [2.75, 3.05) is 26.2 Å². The Kier molecular flexibility index (Phi) is 25.2. The van der Waals surface area contributed by atoms with Crippen molar-refractivity contribution in [3.8, 4) is 5.75 Å². The number of carbonyl (C=O) groups is 8. The number of aliphatic hydroxyl groups is 6. The van der Waals surface area contributed by atoms with Crippen LogP contribution in [0.25, 0.3) is 0 Å². The number of hydrogen-bond acceptors (Lipinski definition) is 16. The fourth-order valence-corrected chi connectivity index (χ4v) is 10.2. The van der Waals surface area contributed by atoms with Gasteiger partial charge in [0.15, 0.2) is 0 Å². The van der Waals surface area contributed by atoms with E-state index in [0.717, 1.165) is 54.7 Å². The second-order valence-electron chi connectivity index (χ2n) is 21.2. The highest BCUT2D eigenvalue weighted by atomic mass is 16.3. The predicted molar refractivity (Wildman–Crippen MR) is 276 cm³/mol. The zero-order chi connectivity index (χ0) is 56.4. The van der Waals surface area contributed by atoms with E-state index in [1.165, 1.54) is 31.5 Å². The number of carbonyl (C=O) groups excluding carboxylic acids is 8. The maximum absolute atomic E-state index is 14.5. The largest absolute Gasteiger partial charge is 0.508 e. The van der Waals surface area contributed by atoms with Crippen LogP contribution >= 0.6 is 0 Å². The molecule has 3 aliphatic heterocycles. The molecule has 24 heteroatoms. The lowest BCUT2D eigenvalue weighted by atomic mass is 9.91. The second kappa shape index (κ2) is 30.4. The summed E-state index contributed by atoms with van der Waals surface area (Å²) in [4.78, 5) is 113. The Labute approximate surface area is 444 Å². The quantitative estimate of drug-likeness (QED) is 0.0528. The van der Waals surface area contributed by atoms with Gasteiger partial charge in [-0.1, -0.05) is 77.8 Å². The highest BCUT2D eigenvalue weighted by Crippen LogP contribution is 2.26. The molecule has 8 amide bonds. The molecule has 0 aromatic heterocycles. The zero-order valence-electron chi connectivity index (χ0n) is 44.4. The van der Waals surface area contributed by atoms with Crippen LogP contribution in [0.4, 0.5) is 0 Å². The molecule has 1 aromatic carbocycles. The number of aromatic hydroxyl groups is 1. The molecule has 3 aliphatic rings. The summed E-state index contributed by atoms with van der Waals surface area (Å²) in [6.07, 6.45) is -3.67. The number of β-amino-alcohol motifs (C(OH)–C–C–N with tert-alkyl or cyclic N) is 1. The Balaban J connectivity index is 1.67. The summed E-state index contributed by atoms with van der Waals surface area (Å²) in [6, 6.07) is -6.66. The maximum atomic E-state index is 14.5. The van der Waals surface area contributed by atoms with E-state index in [1.54, 1.807) is 0 Å². The molecule has 14 atom stereocenters. The van der Waals surface area contributed by atoms with Crippen LogP contribution in [0.5, 0.6) is 5.75 Å². The highest BCUT2D eigenvalue weighted by molar-refractivity contribution is 5.98. The van der Waals surface area contributed by atoms with E-state index in [2.05, 4.69) is 47.4 Å².